The molecule has 3 rings (SSSR count). The summed E-state index contributed by atoms with van der Waals surface area (Å²) >= 11 is 0. The maximum absolute atomic E-state index is 14.6. The van der Waals surface area contributed by atoms with Crippen LogP contribution in [-0.4, -0.2) is 69.2 Å². The summed E-state index contributed by atoms with van der Waals surface area (Å²) in [6, 6.07) is 0. The largest absolute Gasteiger partial charge is 0.490 e. The van der Waals surface area contributed by atoms with Crippen molar-refractivity contribution in [3.8, 4) is 0 Å². The van der Waals surface area contributed by atoms with Crippen molar-refractivity contribution in [3.05, 3.63) is 12.7 Å². The quantitative estimate of drug-likeness (QED) is 0.241. The van der Waals surface area contributed by atoms with E-state index in [-0.39, 0.29) is 17.0 Å². The molecule has 2 aromatic heterocycles. The number of nitrogens with zero attached hydrogens (tertiary/aromatic N) is 4. The van der Waals surface area contributed by atoms with Crippen molar-refractivity contribution in [3.63, 3.8) is 0 Å². The van der Waals surface area contributed by atoms with E-state index in [1.165, 1.54) is 0 Å². The van der Waals surface area contributed by atoms with Crippen LogP contribution < -0.4 is 5.73 Å². The minimum absolute atomic E-state index is 0.00177. The highest BCUT2D eigenvalue weighted by atomic mass is 31.3. The molecule has 0 amide bonds. The van der Waals surface area contributed by atoms with Gasteiger partial charge in [0.15, 0.2) is 23.9 Å². The van der Waals surface area contributed by atoms with Crippen molar-refractivity contribution in [2.75, 3.05) is 12.3 Å². The average Bonchev–Trinajstić information content (AvgIpc) is 3.13. The van der Waals surface area contributed by atoms with Gasteiger partial charge in [0.05, 0.1) is 12.9 Å². The summed E-state index contributed by atoms with van der Waals surface area (Å²) in [4.78, 5) is 47.0. The second-order valence-electron chi connectivity index (χ2n) is 5.97. The van der Waals surface area contributed by atoms with Crippen LogP contribution in [0, 0.1) is 0 Å². The van der Waals surface area contributed by atoms with E-state index in [9.17, 15) is 28.1 Å². The monoisotopic (exact) mass is 509 g/mol. The molecule has 0 saturated carbocycles. The van der Waals surface area contributed by atoms with E-state index < -0.39 is 54.7 Å². The Morgan fingerprint density at radius 3 is 2.45 bits per heavy atom. The fraction of sp³-hybridized carbons (Fsp3) is 0.500. The topological polar surface area (TPSA) is 259 Å². The van der Waals surface area contributed by atoms with Gasteiger partial charge >= 0.3 is 23.5 Å². The number of aliphatic hydroxyl groups excluding tert-OH is 1. The number of rotatable bonds is 8. The molecule has 0 spiro atoms. The van der Waals surface area contributed by atoms with Crippen molar-refractivity contribution < 1.29 is 60.6 Å². The molecule has 2 aromatic rings. The summed E-state index contributed by atoms with van der Waals surface area (Å²) in [6.07, 6.45) is -4.88. The lowest BCUT2D eigenvalue weighted by atomic mass is 10.1. The van der Waals surface area contributed by atoms with Gasteiger partial charge in [0.1, 0.15) is 24.1 Å². The lowest BCUT2D eigenvalue weighted by Gasteiger charge is -2.19. The van der Waals surface area contributed by atoms with Gasteiger partial charge in [-0.05, 0) is 0 Å². The highest BCUT2D eigenvalue weighted by molar-refractivity contribution is 7.66. The first-order chi connectivity index (χ1) is 14.2. The van der Waals surface area contributed by atoms with Crippen LogP contribution in [0.2, 0.25) is 0 Å². The van der Waals surface area contributed by atoms with Crippen molar-refractivity contribution >= 4 is 40.4 Å². The van der Waals surface area contributed by atoms with Gasteiger partial charge in [-0.15, -0.1) is 0 Å². The Morgan fingerprint density at radius 1 is 1.13 bits per heavy atom. The third kappa shape index (κ3) is 5.70. The first-order valence-electron chi connectivity index (χ1n) is 7.88. The standard InChI is InChI=1S/C10H15FN5O12P3/c11-5-7(17)4(1-25-30(21,22)28-31(23,24)27-29(18,19)20)26-10(5)16-3-15-6-8(12)13-2-14-9(6)16/h2-5,7,10,17H,1H2,(H,21,22)(H,23,24)(H2,12,13,14)(H2,18,19,20)/t4-,5+,7+,10-/m1/s1. The number of phosphoric acid groups is 3. The van der Waals surface area contributed by atoms with Gasteiger partial charge in [-0.2, -0.15) is 8.62 Å². The Bertz CT molecular complexity index is 1110. The van der Waals surface area contributed by atoms with Gasteiger partial charge in [0.25, 0.3) is 0 Å². The van der Waals surface area contributed by atoms with Gasteiger partial charge in [0, 0.05) is 0 Å². The van der Waals surface area contributed by atoms with E-state index in [0.717, 1.165) is 17.2 Å². The van der Waals surface area contributed by atoms with Crippen molar-refractivity contribution in [1.82, 2.24) is 19.5 Å². The Balaban J connectivity index is 1.69. The first-order valence-corrected chi connectivity index (χ1v) is 12.4. The van der Waals surface area contributed by atoms with Gasteiger partial charge in [0.2, 0.25) is 0 Å². The number of anilines is 1. The van der Waals surface area contributed by atoms with Crippen LogP contribution in [0.5, 0.6) is 0 Å². The number of nitrogens with two attached hydrogens (primary N) is 1. The van der Waals surface area contributed by atoms with Crippen LogP contribution in [0.25, 0.3) is 11.2 Å². The highest BCUT2D eigenvalue weighted by Crippen LogP contribution is 2.66. The number of aromatic nitrogens is 4. The van der Waals surface area contributed by atoms with Crippen LogP contribution in [-0.2, 0) is 31.6 Å². The maximum Gasteiger partial charge on any atom is 0.490 e. The molecule has 0 aromatic carbocycles. The Hall–Kier alpha value is -1.39. The lowest BCUT2D eigenvalue weighted by Crippen LogP contribution is -2.31. The van der Waals surface area contributed by atoms with E-state index in [1.54, 1.807) is 0 Å². The third-order valence-electron chi connectivity index (χ3n) is 3.77. The maximum atomic E-state index is 14.6. The Kier molecular flexibility index (Phi) is 6.66. The number of fused-ring (bicyclic) bond motifs is 1. The molecule has 1 aliphatic rings. The molecule has 174 valence electrons. The van der Waals surface area contributed by atoms with Crippen molar-refractivity contribution in [2.45, 2.75) is 24.6 Å². The summed E-state index contributed by atoms with van der Waals surface area (Å²) in [7, 11) is -16.8. The van der Waals surface area contributed by atoms with E-state index in [4.69, 9.17) is 25.2 Å². The fourth-order valence-corrected chi connectivity index (χ4v) is 5.62. The second-order valence-corrected chi connectivity index (χ2v) is 10.4. The molecule has 0 aliphatic carbocycles. The number of hydrogen-bond acceptors (Lipinski definition) is 12. The third-order valence-corrected chi connectivity index (χ3v) is 7.58. The Morgan fingerprint density at radius 2 is 1.81 bits per heavy atom. The number of hydrogen-bond donors (Lipinski definition) is 6. The zero-order valence-corrected chi connectivity index (χ0v) is 17.5. The molecule has 1 saturated heterocycles. The molecule has 0 radical (unpaired) electrons. The summed E-state index contributed by atoms with van der Waals surface area (Å²) in [5.74, 6) is 0.00177. The molecule has 1 aliphatic heterocycles. The fourth-order valence-electron chi connectivity index (χ4n) is 2.59. The molecule has 1 fully saturated rings. The molecule has 3 heterocycles. The van der Waals surface area contributed by atoms with Gasteiger partial charge in [-0.25, -0.2) is 33.0 Å². The average molecular weight is 509 g/mol. The molecule has 2 unspecified atom stereocenters. The number of phosphoric ester groups is 1. The normalized spacial score (nSPS) is 28.5. The molecule has 31 heavy (non-hydrogen) atoms. The van der Waals surface area contributed by atoms with Crippen LogP contribution in [0.1, 0.15) is 6.23 Å². The van der Waals surface area contributed by atoms with E-state index in [0.29, 0.717) is 0 Å². The minimum Gasteiger partial charge on any atom is -0.387 e. The summed E-state index contributed by atoms with van der Waals surface area (Å²) in [6.45, 7) is -1.04. The SMILES string of the molecule is Nc1ncnc2c1ncn2[C@@H]1O[C@H](COP(=O)(O)OP(=O)(O)OP(=O)(O)O)[C@H](O)[C@@H]1F. The van der Waals surface area contributed by atoms with Crippen LogP contribution >= 0.6 is 23.5 Å². The van der Waals surface area contributed by atoms with Crippen LogP contribution in [0.15, 0.2) is 12.7 Å². The smallest absolute Gasteiger partial charge is 0.387 e. The number of nitrogen functional groups attached to an aromatic ring is 1. The number of imidazole rings is 1. The zero-order chi connectivity index (χ0) is 23.2. The van der Waals surface area contributed by atoms with Crippen molar-refractivity contribution in [1.29, 1.82) is 0 Å². The predicted molar refractivity (Wildman–Crippen MR) is 94.4 cm³/mol. The number of ether oxygens (including phenoxy) is 1. The number of halogens is 1. The summed E-state index contributed by atoms with van der Waals surface area (Å²) in [5, 5.41) is 10.0. The minimum atomic E-state index is -5.73. The van der Waals surface area contributed by atoms with E-state index in [1.807, 2.05) is 0 Å². The molecule has 7 N–H and O–H groups in total. The van der Waals surface area contributed by atoms with Crippen molar-refractivity contribution in [2.24, 2.45) is 0 Å². The summed E-state index contributed by atoms with van der Waals surface area (Å²) < 4.78 is 66.1. The summed E-state index contributed by atoms with van der Waals surface area (Å²) in [5.41, 5.74) is 5.84. The molecule has 0 bridgehead atoms. The molecular weight excluding hydrogens is 494 g/mol. The zero-order valence-electron chi connectivity index (χ0n) is 14.9. The van der Waals surface area contributed by atoms with E-state index in [2.05, 4.69) is 28.1 Å². The van der Waals surface area contributed by atoms with Gasteiger partial charge < -0.3 is 35.2 Å². The molecule has 6 atom stereocenters. The predicted octanol–water partition coefficient (Wildman–Crippen LogP) is -0.652. The molecular formula is C10H15FN5O12P3. The molecule has 17 nitrogen and oxygen atoms in total. The van der Waals surface area contributed by atoms with Gasteiger partial charge in [-0.3, -0.25) is 9.09 Å². The van der Waals surface area contributed by atoms with E-state index >= 15 is 0 Å². The molecule has 21 heteroatoms. The van der Waals surface area contributed by atoms with Crippen LogP contribution in [0.4, 0.5) is 10.2 Å². The number of alkyl halides is 1. The Labute approximate surface area is 171 Å². The first kappa shape index (κ1) is 24.3. The van der Waals surface area contributed by atoms with Crippen LogP contribution in [0.3, 0.4) is 0 Å². The highest BCUT2D eigenvalue weighted by Gasteiger charge is 2.48. The second kappa shape index (κ2) is 8.51. The van der Waals surface area contributed by atoms with Gasteiger partial charge in [-0.1, -0.05) is 0 Å². The lowest BCUT2D eigenvalue weighted by molar-refractivity contribution is -0.0450. The number of aliphatic hydroxyl groups is 1.